The molecule has 1 unspecified atom stereocenters. The van der Waals surface area contributed by atoms with Crippen molar-refractivity contribution in [3.05, 3.63) is 0 Å². The van der Waals surface area contributed by atoms with Crippen molar-refractivity contribution in [2.24, 2.45) is 5.73 Å². The fraction of sp³-hybridized carbons (Fsp3) is 0.923. The van der Waals surface area contributed by atoms with Gasteiger partial charge in [-0.1, -0.05) is 13.8 Å². The van der Waals surface area contributed by atoms with Crippen LogP contribution in [0.15, 0.2) is 0 Å². The van der Waals surface area contributed by atoms with E-state index in [9.17, 15) is 4.79 Å². The van der Waals surface area contributed by atoms with Gasteiger partial charge < -0.3 is 16.0 Å². The van der Waals surface area contributed by atoms with Crippen LogP contribution in [0.2, 0.25) is 0 Å². The topological polar surface area (TPSA) is 58.4 Å². The summed E-state index contributed by atoms with van der Waals surface area (Å²) in [6.45, 7) is 13.1. The zero-order valence-electron chi connectivity index (χ0n) is 12.0. The van der Waals surface area contributed by atoms with Crippen LogP contribution < -0.4 is 11.1 Å². The molecule has 17 heavy (non-hydrogen) atoms. The number of nitrogens with zero attached hydrogens (tertiary/aromatic N) is 1. The average Bonchev–Trinajstić information content (AvgIpc) is 2.23. The average molecular weight is 243 g/mol. The molecule has 0 bridgehead atoms. The standard InChI is InChI=1S/C13H29N3O/c1-6-16(7-2)10-8-9-11(3)15-12(17)13(4,5)14/h11H,6-10,14H2,1-5H3,(H,15,17). The van der Waals surface area contributed by atoms with Crippen LogP contribution in [-0.2, 0) is 4.79 Å². The molecule has 0 aromatic carbocycles. The van der Waals surface area contributed by atoms with Gasteiger partial charge in [0.1, 0.15) is 0 Å². The third-order valence-electron chi connectivity index (χ3n) is 2.97. The van der Waals surface area contributed by atoms with Crippen LogP contribution in [0.3, 0.4) is 0 Å². The maximum atomic E-state index is 11.6. The van der Waals surface area contributed by atoms with Gasteiger partial charge in [0.05, 0.1) is 5.54 Å². The molecular formula is C13H29N3O. The molecule has 0 aliphatic heterocycles. The van der Waals surface area contributed by atoms with Crippen LogP contribution in [-0.4, -0.2) is 42.0 Å². The Morgan fingerprint density at radius 1 is 1.35 bits per heavy atom. The summed E-state index contributed by atoms with van der Waals surface area (Å²) in [5, 5.41) is 2.95. The van der Waals surface area contributed by atoms with Gasteiger partial charge in [0, 0.05) is 6.04 Å². The van der Waals surface area contributed by atoms with Gasteiger partial charge in [0.15, 0.2) is 0 Å². The highest BCUT2D eigenvalue weighted by atomic mass is 16.2. The van der Waals surface area contributed by atoms with Crippen LogP contribution >= 0.6 is 0 Å². The highest BCUT2D eigenvalue weighted by molar-refractivity contribution is 5.85. The van der Waals surface area contributed by atoms with E-state index in [1.807, 2.05) is 6.92 Å². The Hall–Kier alpha value is -0.610. The Kier molecular flexibility index (Phi) is 7.39. The number of rotatable bonds is 8. The largest absolute Gasteiger partial charge is 0.352 e. The predicted octanol–water partition coefficient (Wildman–Crippen LogP) is 1.35. The van der Waals surface area contributed by atoms with Gasteiger partial charge in [-0.3, -0.25) is 4.79 Å². The van der Waals surface area contributed by atoms with Crippen molar-refractivity contribution in [1.29, 1.82) is 0 Å². The zero-order chi connectivity index (χ0) is 13.5. The SMILES string of the molecule is CCN(CC)CCCC(C)NC(=O)C(C)(C)N. The third-order valence-corrected chi connectivity index (χ3v) is 2.97. The molecule has 0 radical (unpaired) electrons. The summed E-state index contributed by atoms with van der Waals surface area (Å²) in [7, 11) is 0. The number of nitrogens with two attached hydrogens (primary N) is 1. The molecule has 0 aliphatic carbocycles. The predicted molar refractivity (Wildman–Crippen MR) is 72.9 cm³/mol. The van der Waals surface area contributed by atoms with Crippen LogP contribution in [0.25, 0.3) is 0 Å². The highest BCUT2D eigenvalue weighted by Crippen LogP contribution is 2.02. The molecule has 3 N–H and O–H groups in total. The molecule has 0 spiro atoms. The van der Waals surface area contributed by atoms with E-state index in [1.54, 1.807) is 13.8 Å². The monoisotopic (exact) mass is 243 g/mol. The van der Waals surface area contributed by atoms with Gasteiger partial charge >= 0.3 is 0 Å². The lowest BCUT2D eigenvalue weighted by Gasteiger charge is -2.23. The van der Waals surface area contributed by atoms with E-state index in [0.29, 0.717) is 0 Å². The Labute approximate surface area is 106 Å². The molecule has 0 saturated heterocycles. The van der Waals surface area contributed by atoms with Crippen molar-refractivity contribution in [3.63, 3.8) is 0 Å². The van der Waals surface area contributed by atoms with Crippen molar-refractivity contribution >= 4 is 5.91 Å². The maximum absolute atomic E-state index is 11.6. The molecule has 0 rings (SSSR count). The van der Waals surface area contributed by atoms with E-state index in [4.69, 9.17) is 5.73 Å². The number of carbonyl (C=O) groups is 1. The smallest absolute Gasteiger partial charge is 0.239 e. The summed E-state index contributed by atoms with van der Waals surface area (Å²) in [6, 6.07) is 0.195. The van der Waals surface area contributed by atoms with Gasteiger partial charge in [-0.25, -0.2) is 0 Å². The fourth-order valence-corrected chi connectivity index (χ4v) is 1.64. The molecule has 0 aliphatic rings. The lowest BCUT2D eigenvalue weighted by atomic mass is 10.1. The number of hydrogen-bond acceptors (Lipinski definition) is 3. The summed E-state index contributed by atoms with van der Waals surface area (Å²) in [6.07, 6.45) is 2.10. The van der Waals surface area contributed by atoms with Crippen molar-refractivity contribution in [2.45, 2.75) is 59.0 Å². The van der Waals surface area contributed by atoms with E-state index < -0.39 is 5.54 Å². The molecular weight excluding hydrogens is 214 g/mol. The summed E-state index contributed by atoms with van der Waals surface area (Å²) in [5.74, 6) is -0.0761. The molecule has 0 heterocycles. The van der Waals surface area contributed by atoms with Gasteiger partial charge in [-0.05, 0) is 53.2 Å². The fourth-order valence-electron chi connectivity index (χ4n) is 1.64. The molecule has 0 aromatic heterocycles. The van der Waals surface area contributed by atoms with E-state index in [1.165, 1.54) is 0 Å². The Bertz CT molecular complexity index is 219. The van der Waals surface area contributed by atoms with E-state index in [2.05, 4.69) is 24.1 Å². The van der Waals surface area contributed by atoms with Crippen LogP contribution in [0, 0.1) is 0 Å². The summed E-state index contributed by atoms with van der Waals surface area (Å²) < 4.78 is 0. The molecule has 4 nitrogen and oxygen atoms in total. The molecule has 102 valence electrons. The van der Waals surface area contributed by atoms with Crippen LogP contribution in [0.4, 0.5) is 0 Å². The van der Waals surface area contributed by atoms with Crippen molar-refractivity contribution in [1.82, 2.24) is 10.2 Å². The second-order valence-corrected chi connectivity index (χ2v) is 5.27. The highest BCUT2D eigenvalue weighted by Gasteiger charge is 2.22. The Balaban J connectivity index is 3.80. The van der Waals surface area contributed by atoms with E-state index in [-0.39, 0.29) is 11.9 Å². The quantitative estimate of drug-likeness (QED) is 0.676. The van der Waals surface area contributed by atoms with E-state index in [0.717, 1.165) is 32.5 Å². The molecule has 0 aromatic rings. The molecule has 4 heteroatoms. The number of hydrogen-bond donors (Lipinski definition) is 2. The van der Waals surface area contributed by atoms with Crippen molar-refractivity contribution in [2.75, 3.05) is 19.6 Å². The first-order valence-electron chi connectivity index (χ1n) is 6.63. The number of nitrogens with one attached hydrogen (secondary N) is 1. The first-order valence-corrected chi connectivity index (χ1v) is 6.63. The van der Waals surface area contributed by atoms with Crippen LogP contribution in [0.5, 0.6) is 0 Å². The van der Waals surface area contributed by atoms with Crippen molar-refractivity contribution in [3.8, 4) is 0 Å². The summed E-state index contributed by atoms with van der Waals surface area (Å²) >= 11 is 0. The zero-order valence-corrected chi connectivity index (χ0v) is 12.0. The van der Waals surface area contributed by atoms with Gasteiger partial charge in [-0.2, -0.15) is 0 Å². The van der Waals surface area contributed by atoms with Crippen molar-refractivity contribution < 1.29 is 4.79 Å². The maximum Gasteiger partial charge on any atom is 0.239 e. The Morgan fingerprint density at radius 2 is 1.88 bits per heavy atom. The Morgan fingerprint density at radius 3 is 2.29 bits per heavy atom. The lowest BCUT2D eigenvalue weighted by Crippen LogP contribution is -2.51. The van der Waals surface area contributed by atoms with Gasteiger partial charge in [-0.15, -0.1) is 0 Å². The molecule has 1 atom stereocenters. The van der Waals surface area contributed by atoms with Crippen LogP contribution in [0.1, 0.15) is 47.5 Å². The number of carbonyl (C=O) groups excluding carboxylic acids is 1. The first kappa shape index (κ1) is 16.4. The molecule has 0 fully saturated rings. The normalized spacial score (nSPS) is 13.8. The minimum absolute atomic E-state index is 0.0761. The first-order chi connectivity index (χ1) is 7.81. The van der Waals surface area contributed by atoms with Gasteiger partial charge in [0.25, 0.3) is 0 Å². The van der Waals surface area contributed by atoms with E-state index >= 15 is 0 Å². The van der Waals surface area contributed by atoms with Gasteiger partial charge in [0.2, 0.25) is 5.91 Å². The molecule has 1 amide bonds. The summed E-state index contributed by atoms with van der Waals surface area (Å²) in [5.41, 5.74) is 4.94. The number of amides is 1. The summed E-state index contributed by atoms with van der Waals surface area (Å²) in [4.78, 5) is 14.0. The molecule has 0 saturated carbocycles. The minimum Gasteiger partial charge on any atom is -0.352 e. The minimum atomic E-state index is -0.785. The second-order valence-electron chi connectivity index (χ2n) is 5.27. The third kappa shape index (κ3) is 7.34. The lowest BCUT2D eigenvalue weighted by molar-refractivity contribution is -0.125. The second kappa shape index (κ2) is 7.67.